The van der Waals surface area contributed by atoms with Crippen molar-refractivity contribution in [2.45, 2.75) is 19.4 Å². The van der Waals surface area contributed by atoms with Gasteiger partial charge >= 0.3 is 5.97 Å². The van der Waals surface area contributed by atoms with Crippen LogP contribution in [0, 0.1) is 0 Å². The maximum atomic E-state index is 13.0. The molecule has 0 radical (unpaired) electrons. The van der Waals surface area contributed by atoms with E-state index in [9.17, 15) is 9.59 Å². The summed E-state index contributed by atoms with van der Waals surface area (Å²) in [5.41, 5.74) is 4.82. The van der Waals surface area contributed by atoms with E-state index in [-0.39, 0.29) is 5.91 Å². The standard InChI is InChI=1S/C23H17Cl2NO3/c1-13(23(28)29)14-4-7-18(8-5-14)26-12-17-3-2-15(10-19(17)22(26)27)16-6-9-20(24)21(25)11-16/h2-11,13H,12H2,1H3,(H,28,29). The summed E-state index contributed by atoms with van der Waals surface area (Å²) in [6.07, 6.45) is 0. The zero-order valence-electron chi connectivity index (χ0n) is 15.5. The molecule has 0 aliphatic carbocycles. The number of fused-ring (bicyclic) bond motifs is 1. The summed E-state index contributed by atoms with van der Waals surface area (Å²) >= 11 is 12.1. The van der Waals surface area contributed by atoms with Gasteiger partial charge in [0.25, 0.3) is 5.91 Å². The highest BCUT2D eigenvalue weighted by Gasteiger charge is 2.29. The van der Waals surface area contributed by atoms with Crippen molar-refractivity contribution < 1.29 is 14.7 Å². The Balaban J connectivity index is 1.62. The topological polar surface area (TPSA) is 57.6 Å². The Morgan fingerprint density at radius 2 is 1.62 bits per heavy atom. The number of carboxylic acid groups (broad SMARTS) is 1. The molecule has 29 heavy (non-hydrogen) atoms. The Morgan fingerprint density at radius 1 is 0.966 bits per heavy atom. The second kappa shape index (κ2) is 7.54. The van der Waals surface area contributed by atoms with Crippen molar-refractivity contribution in [2.24, 2.45) is 0 Å². The first kappa shape index (κ1) is 19.5. The fraction of sp³-hybridized carbons (Fsp3) is 0.130. The highest BCUT2D eigenvalue weighted by Crippen LogP contribution is 2.34. The van der Waals surface area contributed by atoms with Crippen molar-refractivity contribution >= 4 is 40.8 Å². The van der Waals surface area contributed by atoms with Crippen molar-refractivity contribution in [3.8, 4) is 11.1 Å². The maximum absolute atomic E-state index is 13.0. The Hall–Kier alpha value is -2.82. The Labute approximate surface area is 178 Å². The zero-order valence-corrected chi connectivity index (χ0v) is 17.0. The van der Waals surface area contributed by atoms with Crippen molar-refractivity contribution in [3.63, 3.8) is 0 Å². The molecule has 1 unspecified atom stereocenters. The molecule has 4 rings (SSSR count). The molecule has 1 N–H and O–H groups in total. The molecule has 1 aliphatic rings. The Bertz CT molecular complexity index is 1130. The van der Waals surface area contributed by atoms with Gasteiger partial charge in [0, 0.05) is 11.3 Å². The van der Waals surface area contributed by atoms with Gasteiger partial charge in [-0.3, -0.25) is 9.59 Å². The molecular weight excluding hydrogens is 409 g/mol. The summed E-state index contributed by atoms with van der Waals surface area (Å²) in [6, 6.07) is 18.3. The SMILES string of the molecule is CC(C(=O)O)c1ccc(N2Cc3ccc(-c4ccc(Cl)c(Cl)c4)cc3C2=O)cc1. The second-order valence-electron chi connectivity index (χ2n) is 7.04. The fourth-order valence-corrected chi connectivity index (χ4v) is 3.75. The van der Waals surface area contributed by atoms with Gasteiger partial charge in [0.05, 0.1) is 22.5 Å². The van der Waals surface area contributed by atoms with E-state index in [0.717, 1.165) is 22.4 Å². The summed E-state index contributed by atoms with van der Waals surface area (Å²) in [5.74, 6) is -1.55. The lowest BCUT2D eigenvalue weighted by Crippen LogP contribution is -2.23. The van der Waals surface area contributed by atoms with Crippen LogP contribution < -0.4 is 4.90 Å². The third-order valence-corrected chi connectivity index (χ3v) is 5.98. The predicted octanol–water partition coefficient (Wildman–Crippen LogP) is 6.01. The van der Waals surface area contributed by atoms with Crippen LogP contribution in [0.25, 0.3) is 11.1 Å². The number of anilines is 1. The van der Waals surface area contributed by atoms with E-state index in [1.807, 2.05) is 24.3 Å². The third-order valence-electron chi connectivity index (χ3n) is 5.24. The minimum Gasteiger partial charge on any atom is -0.481 e. The molecule has 0 saturated heterocycles. The number of aliphatic carboxylic acids is 1. The number of nitrogens with zero attached hydrogens (tertiary/aromatic N) is 1. The van der Waals surface area contributed by atoms with Gasteiger partial charge in [-0.2, -0.15) is 0 Å². The number of hydrogen-bond acceptors (Lipinski definition) is 2. The molecule has 4 nitrogen and oxygen atoms in total. The lowest BCUT2D eigenvalue weighted by Gasteiger charge is -2.17. The minimum atomic E-state index is -0.878. The van der Waals surface area contributed by atoms with E-state index < -0.39 is 11.9 Å². The monoisotopic (exact) mass is 425 g/mol. The highest BCUT2D eigenvalue weighted by atomic mass is 35.5. The number of benzene rings is 3. The van der Waals surface area contributed by atoms with Crippen LogP contribution in [-0.2, 0) is 11.3 Å². The van der Waals surface area contributed by atoms with Crippen LogP contribution in [0.5, 0.6) is 0 Å². The van der Waals surface area contributed by atoms with Gasteiger partial charge in [-0.15, -0.1) is 0 Å². The quantitative estimate of drug-likeness (QED) is 0.556. The van der Waals surface area contributed by atoms with Gasteiger partial charge in [0.15, 0.2) is 0 Å². The number of rotatable bonds is 4. The van der Waals surface area contributed by atoms with Crippen molar-refractivity contribution in [1.82, 2.24) is 0 Å². The number of carboxylic acids is 1. The summed E-state index contributed by atoms with van der Waals surface area (Å²) < 4.78 is 0. The molecule has 146 valence electrons. The van der Waals surface area contributed by atoms with Crippen LogP contribution in [-0.4, -0.2) is 17.0 Å². The first-order valence-corrected chi connectivity index (χ1v) is 9.83. The summed E-state index contributed by atoms with van der Waals surface area (Å²) in [5, 5.41) is 10.1. The van der Waals surface area contributed by atoms with E-state index in [4.69, 9.17) is 28.3 Å². The van der Waals surface area contributed by atoms with Crippen LogP contribution in [0.3, 0.4) is 0 Å². The molecule has 0 aromatic heterocycles. The Kier molecular flexibility index (Phi) is 5.07. The zero-order chi connectivity index (χ0) is 20.7. The largest absolute Gasteiger partial charge is 0.481 e. The van der Waals surface area contributed by atoms with Gasteiger partial charge in [0.1, 0.15) is 0 Å². The molecule has 0 saturated carbocycles. The molecule has 6 heteroatoms. The number of carbonyl (C=O) groups excluding carboxylic acids is 1. The van der Waals surface area contributed by atoms with Crippen molar-refractivity contribution in [2.75, 3.05) is 4.90 Å². The van der Waals surface area contributed by atoms with E-state index >= 15 is 0 Å². The number of halogens is 2. The number of amides is 1. The first-order valence-electron chi connectivity index (χ1n) is 9.08. The number of hydrogen-bond donors (Lipinski definition) is 1. The predicted molar refractivity (Wildman–Crippen MR) is 115 cm³/mol. The highest BCUT2D eigenvalue weighted by molar-refractivity contribution is 6.42. The molecule has 0 bridgehead atoms. The fourth-order valence-electron chi connectivity index (χ4n) is 3.45. The summed E-state index contributed by atoms with van der Waals surface area (Å²) in [4.78, 5) is 25.9. The van der Waals surface area contributed by atoms with Crippen molar-refractivity contribution in [3.05, 3.63) is 87.4 Å². The van der Waals surface area contributed by atoms with Crippen LogP contribution in [0.4, 0.5) is 5.69 Å². The van der Waals surface area contributed by atoms with Crippen LogP contribution in [0.15, 0.2) is 60.7 Å². The van der Waals surface area contributed by atoms with Gasteiger partial charge < -0.3 is 10.0 Å². The van der Waals surface area contributed by atoms with Crippen molar-refractivity contribution in [1.29, 1.82) is 0 Å². The minimum absolute atomic E-state index is 0.0825. The molecule has 3 aromatic rings. The Morgan fingerprint density at radius 3 is 2.28 bits per heavy atom. The number of carbonyl (C=O) groups is 2. The average Bonchev–Trinajstić information content (AvgIpc) is 3.05. The molecule has 0 fully saturated rings. The van der Waals surface area contributed by atoms with E-state index in [1.165, 1.54) is 0 Å². The van der Waals surface area contributed by atoms with Crippen LogP contribution in [0.1, 0.15) is 34.3 Å². The van der Waals surface area contributed by atoms with Gasteiger partial charge in [-0.1, -0.05) is 53.5 Å². The smallest absolute Gasteiger partial charge is 0.310 e. The third kappa shape index (κ3) is 3.61. The van der Waals surface area contributed by atoms with E-state index in [2.05, 4.69) is 0 Å². The second-order valence-corrected chi connectivity index (χ2v) is 7.86. The summed E-state index contributed by atoms with van der Waals surface area (Å²) in [7, 11) is 0. The first-order chi connectivity index (χ1) is 13.8. The van der Waals surface area contributed by atoms with Gasteiger partial charge in [-0.25, -0.2) is 0 Å². The summed E-state index contributed by atoms with van der Waals surface area (Å²) in [6.45, 7) is 2.11. The lowest BCUT2D eigenvalue weighted by molar-refractivity contribution is -0.138. The van der Waals surface area contributed by atoms with Crippen LogP contribution >= 0.6 is 23.2 Å². The molecule has 1 amide bonds. The van der Waals surface area contributed by atoms with E-state index in [1.54, 1.807) is 48.2 Å². The van der Waals surface area contributed by atoms with Crippen LogP contribution in [0.2, 0.25) is 10.0 Å². The molecule has 1 aliphatic heterocycles. The van der Waals surface area contributed by atoms with Gasteiger partial charge in [-0.05, 0) is 59.5 Å². The average molecular weight is 426 g/mol. The normalized spacial score (nSPS) is 14.0. The molecule has 3 aromatic carbocycles. The molecule has 1 atom stereocenters. The molecule has 0 spiro atoms. The molecule has 1 heterocycles. The molecular formula is C23H17Cl2NO3. The maximum Gasteiger partial charge on any atom is 0.310 e. The van der Waals surface area contributed by atoms with E-state index in [0.29, 0.717) is 27.7 Å². The van der Waals surface area contributed by atoms with Gasteiger partial charge in [0.2, 0.25) is 0 Å². The lowest BCUT2D eigenvalue weighted by atomic mass is 10.0.